The third-order valence-electron chi connectivity index (χ3n) is 7.79. The lowest BCUT2D eigenvalue weighted by molar-refractivity contribution is -0.130. The summed E-state index contributed by atoms with van der Waals surface area (Å²) in [5.41, 5.74) is 0.504. The van der Waals surface area contributed by atoms with Gasteiger partial charge in [0.15, 0.2) is 11.6 Å². The van der Waals surface area contributed by atoms with Crippen LogP contribution in [0.1, 0.15) is 69.8 Å². The van der Waals surface area contributed by atoms with Crippen molar-refractivity contribution in [2.45, 2.75) is 75.9 Å². The standard InChI is InChI=1S/C27H33F2N3O/c28-21-15-9-14-20(25(21)29)27(31-22-16-7-8-17-23(22)32-27)24(18-10-3-1-4-11-18)26(33)30-19-12-5-2-6-13-19/h7-9,14-19,24,31-32H,1-6,10-13H2,(H,30,33). The van der Waals surface area contributed by atoms with Gasteiger partial charge < -0.3 is 16.0 Å². The van der Waals surface area contributed by atoms with E-state index >= 15 is 4.39 Å². The first-order chi connectivity index (χ1) is 16.1. The fraction of sp³-hybridized carbons (Fsp3) is 0.519. The zero-order valence-electron chi connectivity index (χ0n) is 19.0. The summed E-state index contributed by atoms with van der Waals surface area (Å²) in [5.74, 6) is -2.38. The average Bonchev–Trinajstić information content (AvgIpc) is 3.22. The maximum atomic E-state index is 15.4. The van der Waals surface area contributed by atoms with E-state index in [1.165, 1.54) is 12.5 Å². The smallest absolute Gasteiger partial charge is 0.228 e. The minimum absolute atomic E-state index is 0.0646. The fourth-order valence-corrected chi connectivity index (χ4v) is 6.19. The molecule has 1 unspecified atom stereocenters. The van der Waals surface area contributed by atoms with Gasteiger partial charge in [-0.15, -0.1) is 0 Å². The molecule has 1 amide bonds. The molecule has 2 aromatic rings. The van der Waals surface area contributed by atoms with Crippen LogP contribution in [0.2, 0.25) is 0 Å². The third-order valence-corrected chi connectivity index (χ3v) is 7.79. The summed E-state index contributed by atoms with van der Waals surface area (Å²) in [6.07, 6.45) is 10.4. The molecule has 1 atom stereocenters. The molecule has 0 radical (unpaired) electrons. The Morgan fingerprint density at radius 3 is 2.09 bits per heavy atom. The van der Waals surface area contributed by atoms with Gasteiger partial charge in [-0.3, -0.25) is 4.79 Å². The molecule has 2 aromatic carbocycles. The Labute approximate surface area is 194 Å². The number of fused-ring (bicyclic) bond motifs is 1. The van der Waals surface area contributed by atoms with E-state index < -0.39 is 23.2 Å². The van der Waals surface area contributed by atoms with E-state index in [0.717, 1.165) is 75.2 Å². The van der Waals surface area contributed by atoms with Crippen molar-refractivity contribution < 1.29 is 13.6 Å². The molecule has 5 rings (SSSR count). The number of carbonyl (C=O) groups is 1. The highest BCUT2D eigenvalue weighted by Crippen LogP contribution is 2.49. The van der Waals surface area contributed by atoms with Crippen molar-refractivity contribution in [2.75, 3.05) is 10.6 Å². The lowest BCUT2D eigenvalue weighted by Crippen LogP contribution is -2.57. The largest absolute Gasteiger partial charge is 0.357 e. The van der Waals surface area contributed by atoms with Gasteiger partial charge in [0.1, 0.15) is 5.66 Å². The van der Waals surface area contributed by atoms with Crippen LogP contribution in [-0.2, 0) is 10.5 Å². The average molecular weight is 454 g/mol. The van der Waals surface area contributed by atoms with Crippen molar-refractivity contribution in [2.24, 2.45) is 11.8 Å². The van der Waals surface area contributed by atoms with Gasteiger partial charge in [0, 0.05) is 11.6 Å². The van der Waals surface area contributed by atoms with E-state index in [2.05, 4.69) is 16.0 Å². The zero-order valence-corrected chi connectivity index (χ0v) is 19.0. The quantitative estimate of drug-likeness (QED) is 0.498. The van der Waals surface area contributed by atoms with E-state index in [1.807, 2.05) is 24.3 Å². The number of hydrogen-bond acceptors (Lipinski definition) is 3. The topological polar surface area (TPSA) is 53.2 Å². The predicted molar refractivity (Wildman–Crippen MR) is 127 cm³/mol. The van der Waals surface area contributed by atoms with Crippen molar-refractivity contribution in [3.63, 3.8) is 0 Å². The van der Waals surface area contributed by atoms with Crippen molar-refractivity contribution in [3.8, 4) is 0 Å². The first-order valence-electron chi connectivity index (χ1n) is 12.5. The second kappa shape index (κ2) is 9.32. The van der Waals surface area contributed by atoms with Crippen LogP contribution in [0.15, 0.2) is 42.5 Å². The van der Waals surface area contributed by atoms with Crippen molar-refractivity contribution in [1.29, 1.82) is 0 Å². The lowest BCUT2D eigenvalue weighted by Gasteiger charge is -2.44. The summed E-state index contributed by atoms with van der Waals surface area (Å²) in [7, 11) is 0. The molecule has 1 heterocycles. The minimum Gasteiger partial charge on any atom is -0.357 e. The number of para-hydroxylation sites is 2. The highest BCUT2D eigenvalue weighted by Gasteiger charge is 2.53. The molecule has 3 aliphatic rings. The van der Waals surface area contributed by atoms with Gasteiger partial charge in [0.05, 0.1) is 17.3 Å². The molecule has 6 heteroatoms. The van der Waals surface area contributed by atoms with Gasteiger partial charge >= 0.3 is 0 Å². The Balaban J connectivity index is 1.60. The number of anilines is 2. The monoisotopic (exact) mass is 453 g/mol. The lowest BCUT2D eigenvalue weighted by atomic mass is 9.70. The maximum absolute atomic E-state index is 15.4. The summed E-state index contributed by atoms with van der Waals surface area (Å²) in [5, 5.41) is 10.3. The van der Waals surface area contributed by atoms with Gasteiger partial charge in [-0.1, -0.05) is 62.8 Å². The summed E-state index contributed by atoms with van der Waals surface area (Å²) in [6, 6.07) is 12.1. The second-order valence-corrected chi connectivity index (χ2v) is 9.92. The molecule has 0 saturated heterocycles. The van der Waals surface area contributed by atoms with Crippen molar-refractivity contribution in [3.05, 3.63) is 59.7 Å². The van der Waals surface area contributed by atoms with Crippen LogP contribution in [-0.4, -0.2) is 11.9 Å². The van der Waals surface area contributed by atoms with E-state index in [4.69, 9.17) is 0 Å². The van der Waals surface area contributed by atoms with Crippen molar-refractivity contribution >= 4 is 17.3 Å². The Morgan fingerprint density at radius 1 is 0.848 bits per heavy atom. The van der Waals surface area contributed by atoms with Gasteiger partial charge in [0.25, 0.3) is 0 Å². The fourth-order valence-electron chi connectivity index (χ4n) is 6.19. The molecular formula is C27H33F2N3O. The Bertz CT molecular complexity index is 974. The Morgan fingerprint density at radius 2 is 1.45 bits per heavy atom. The SMILES string of the molecule is O=C(NC1CCCCC1)C(C1CCCCC1)C1(c2cccc(F)c2F)Nc2ccccc2N1. The number of benzene rings is 2. The van der Waals surface area contributed by atoms with Crippen LogP contribution in [0.25, 0.3) is 0 Å². The molecule has 176 valence electrons. The van der Waals surface area contributed by atoms with Crippen LogP contribution >= 0.6 is 0 Å². The van der Waals surface area contributed by atoms with E-state index in [-0.39, 0.29) is 23.4 Å². The number of amides is 1. The van der Waals surface area contributed by atoms with Gasteiger partial charge in [-0.2, -0.15) is 0 Å². The van der Waals surface area contributed by atoms with Gasteiger partial charge in [0.2, 0.25) is 5.91 Å². The molecule has 0 spiro atoms. The number of rotatable bonds is 5. The highest BCUT2D eigenvalue weighted by atomic mass is 19.2. The highest BCUT2D eigenvalue weighted by molar-refractivity contribution is 5.86. The van der Waals surface area contributed by atoms with E-state index in [0.29, 0.717) is 0 Å². The molecule has 4 nitrogen and oxygen atoms in total. The van der Waals surface area contributed by atoms with E-state index in [1.54, 1.807) is 6.07 Å². The number of hydrogen-bond donors (Lipinski definition) is 3. The molecular weight excluding hydrogens is 420 g/mol. The first-order valence-corrected chi connectivity index (χ1v) is 12.5. The molecule has 1 aliphatic heterocycles. The van der Waals surface area contributed by atoms with Gasteiger partial charge in [-0.25, -0.2) is 8.78 Å². The molecule has 0 bridgehead atoms. The zero-order chi connectivity index (χ0) is 22.8. The summed E-state index contributed by atoms with van der Waals surface area (Å²) in [6.45, 7) is 0. The van der Waals surface area contributed by atoms with Crippen LogP contribution < -0.4 is 16.0 Å². The van der Waals surface area contributed by atoms with Crippen LogP contribution in [0, 0.1) is 23.5 Å². The molecule has 3 N–H and O–H groups in total. The summed E-state index contributed by atoms with van der Waals surface area (Å²) in [4.78, 5) is 14.0. The Kier molecular flexibility index (Phi) is 6.26. The maximum Gasteiger partial charge on any atom is 0.228 e. The van der Waals surface area contributed by atoms with Crippen LogP contribution in [0.3, 0.4) is 0 Å². The second-order valence-electron chi connectivity index (χ2n) is 9.92. The molecule has 2 aliphatic carbocycles. The molecule has 33 heavy (non-hydrogen) atoms. The summed E-state index contributed by atoms with van der Waals surface area (Å²) < 4.78 is 29.9. The van der Waals surface area contributed by atoms with Crippen molar-refractivity contribution in [1.82, 2.24) is 5.32 Å². The summed E-state index contributed by atoms with van der Waals surface area (Å²) >= 11 is 0. The first kappa shape index (κ1) is 22.2. The number of carbonyl (C=O) groups excluding carboxylic acids is 1. The minimum atomic E-state index is -1.25. The number of halogens is 2. The van der Waals surface area contributed by atoms with Crippen LogP contribution in [0.4, 0.5) is 20.2 Å². The third kappa shape index (κ3) is 4.20. The number of nitrogens with one attached hydrogen (secondary N) is 3. The van der Waals surface area contributed by atoms with E-state index in [9.17, 15) is 9.18 Å². The molecule has 0 aromatic heterocycles. The molecule has 2 fully saturated rings. The predicted octanol–water partition coefficient (Wildman–Crippen LogP) is 6.30. The van der Waals surface area contributed by atoms with Crippen LogP contribution in [0.5, 0.6) is 0 Å². The Hall–Kier alpha value is -2.63. The van der Waals surface area contributed by atoms with Gasteiger partial charge in [-0.05, 0) is 49.8 Å². The normalized spacial score (nSPS) is 21.5. The molecule has 2 saturated carbocycles.